The molecule has 2 aromatic carbocycles. The summed E-state index contributed by atoms with van der Waals surface area (Å²) in [5.41, 5.74) is -0.0812. The van der Waals surface area contributed by atoms with E-state index in [-0.39, 0.29) is 17.1 Å². The van der Waals surface area contributed by atoms with Gasteiger partial charge in [0, 0.05) is 6.07 Å². The molecule has 130 valence electrons. The van der Waals surface area contributed by atoms with E-state index in [2.05, 4.69) is 14.8 Å². The van der Waals surface area contributed by atoms with Gasteiger partial charge in [-0.2, -0.15) is 0 Å². The number of rotatable bonds is 6. The highest BCUT2D eigenvalue weighted by atomic mass is 19.1. The molecule has 0 fully saturated rings. The van der Waals surface area contributed by atoms with Crippen molar-refractivity contribution in [1.29, 1.82) is 0 Å². The van der Waals surface area contributed by atoms with E-state index in [0.29, 0.717) is 5.75 Å². The Labute approximate surface area is 143 Å². The van der Waals surface area contributed by atoms with Crippen LogP contribution in [0.1, 0.15) is 0 Å². The minimum atomic E-state index is -0.819. The van der Waals surface area contributed by atoms with Gasteiger partial charge < -0.3 is 19.5 Å². The van der Waals surface area contributed by atoms with E-state index in [1.54, 1.807) is 24.3 Å². The predicted octanol–water partition coefficient (Wildman–Crippen LogP) is 3.26. The molecule has 25 heavy (non-hydrogen) atoms. The quantitative estimate of drug-likeness (QED) is 0.640. The third-order valence-electron chi connectivity index (χ3n) is 3.05. The summed E-state index contributed by atoms with van der Waals surface area (Å²) >= 11 is 0. The number of para-hydroxylation sites is 1. The van der Waals surface area contributed by atoms with Crippen LogP contribution in [0.3, 0.4) is 0 Å². The summed E-state index contributed by atoms with van der Waals surface area (Å²) in [6.45, 7) is 0. The number of ether oxygens (including phenoxy) is 3. The molecule has 0 saturated heterocycles. The Morgan fingerprint density at radius 2 is 1.76 bits per heavy atom. The van der Waals surface area contributed by atoms with Crippen molar-refractivity contribution in [3.8, 4) is 11.5 Å². The topological polar surface area (TPSA) is 73.9 Å². The van der Waals surface area contributed by atoms with E-state index in [1.807, 2.05) is 6.07 Å². The second-order valence-electron chi connectivity index (χ2n) is 4.75. The summed E-state index contributed by atoms with van der Waals surface area (Å²) in [6.07, 6.45) is 0.906. The van der Waals surface area contributed by atoms with Crippen LogP contribution in [0.2, 0.25) is 0 Å². The lowest BCUT2D eigenvalue weighted by Gasteiger charge is -2.14. The molecule has 7 heteroatoms. The number of hydrogen-bond acceptors (Lipinski definition) is 6. The van der Waals surface area contributed by atoms with Crippen molar-refractivity contribution >= 4 is 17.6 Å². The number of benzene rings is 2. The standard InChI is InChI=1S/C18H16FNO5/c1-23-17(21)11-15(18(22)24-2)20-14-10-12(19)8-9-16(14)25-13-6-4-3-5-7-13/h3-11,20H,1-2H3/b15-11+. The molecule has 0 aliphatic heterocycles. The van der Waals surface area contributed by atoms with Crippen LogP contribution in [0.5, 0.6) is 11.5 Å². The number of methoxy groups -OCH3 is 2. The summed E-state index contributed by atoms with van der Waals surface area (Å²) in [5, 5.41) is 2.65. The molecule has 0 amide bonds. The number of esters is 2. The van der Waals surface area contributed by atoms with Gasteiger partial charge in [-0.15, -0.1) is 0 Å². The maximum absolute atomic E-state index is 13.6. The van der Waals surface area contributed by atoms with Gasteiger partial charge in [0.05, 0.1) is 26.0 Å². The van der Waals surface area contributed by atoms with Crippen molar-refractivity contribution in [2.45, 2.75) is 0 Å². The van der Waals surface area contributed by atoms with Gasteiger partial charge in [0.15, 0.2) is 5.75 Å². The smallest absolute Gasteiger partial charge is 0.354 e. The Balaban J connectivity index is 2.36. The maximum Gasteiger partial charge on any atom is 0.354 e. The number of carbonyl (C=O) groups is 2. The fourth-order valence-electron chi connectivity index (χ4n) is 1.88. The van der Waals surface area contributed by atoms with Crippen LogP contribution in [0.15, 0.2) is 60.3 Å². The zero-order chi connectivity index (χ0) is 18.2. The van der Waals surface area contributed by atoms with Crippen molar-refractivity contribution in [2.24, 2.45) is 0 Å². The zero-order valence-electron chi connectivity index (χ0n) is 13.6. The summed E-state index contributed by atoms with van der Waals surface area (Å²) < 4.78 is 28.4. The molecule has 0 radical (unpaired) electrons. The molecule has 0 aliphatic rings. The molecule has 0 spiro atoms. The van der Waals surface area contributed by atoms with Gasteiger partial charge in [-0.1, -0.05) is 18.2 Å². The van der Waals surface area contributed by atoms with Gasteiger partial charge in [0.2, 0.25) is 0 Å². The van der Waals surface area contributed by atoms with Crippen molar-refractivity contribution in [3.05, 3.63) is 66.1 Å². The van der Waals surface area contributed by atoms with Crippen LogP contribution >= 0.6 is 0 Å². The molecule has 2 rings (SSSR count). The van der Waals surface area contributed by atoms with Gasteiger partial charge in [0.1, 0.15) is 17.3 Å². The first-order valence-corrected chi connectivity index (χ1v) is 7.21. The predicted molar refractivity (Wildman–Crippen MR) is 88.7 cm³/mol. The average Bonchev–Trinajstić information content (AvgIpc) is 2.63. The molecule has 1 N–H and O–H groups in total. The van der Waals surface area contributed by atoms with Crippen LogP contribution in [-0.4, -0.2) is 26.2 Å². The monoisotopic (exact) mass is 345 g/mol. The Kier molecular flexibility index (Phi) is 6.11. The minimum Gasteiger partial charge on any atom is -0.466 e. The number of anilines is 1. The van der Waals surface area contributed by atoms with Crippen LogP contribution in [0, 0.1) is 5.82 Å². The number of carbonyl (C=O) groups excluding carboxylic acids is 2. The zero-order valence-corrected chi connectivity index (χ0v) is 13.6. The highest BCUT2D eigenvalue weighted by Gasteiger charge is 2.16. The molecule has 6 nitrogen and oxygen atoms in total. The summed E-state index contributed by atoms with van der Waals surface area (Å²) in [7, 11) is 2.32. The van der Waals surface area contributed by atoms with Crippen molar-refractivity contribution < 1.29 is 28.2 Å². The highest BCUT2D eigenvalue weighted by Crippen LogP contribution is 2.31. The van der Waals surface area contributed by atoms with Crippen molar-refractivity contribution in [3.63, 3.8) is 0 Å². The van der Waals surface area contributed by atoms with Gasteiger partial charge in [-0.05, 0) is 24.3 Å². The van der Waals surface area contributed by atoms with Gasteiger partial charge in [0.25, 0.3) is 0 Å². The fourth-order valence-corrected chi connectivity index (χ4v) is 1.88. The lowest BCUT2D eigenvalue weighted by molar-refractivity contribution is -0.138. The number of hydrogen-bond donors (Lipinski definition) is 1. The highest BCUT2D eigenvalue weighted by molar-refractivity contribution is 5.99. The number of nitrogens with one attached hydrogen (secondary N) is 1. The molecule has 0 aliphatic carbocycles. The van der Waals surface area contributed by atoms with Gasteiger partial charge in [-0.25, -0.2) is 14.0 Å². The average molecular weight is 345 g/mol. The second kappa shape index (κ2) is 8.49. The molecule has 0 atom stereocenters. The minimum absolute atomic E-state index is 0.143. The SMILES string of the molecule is COC(=O)/C=C(/Nc1cc(F)ccc1Oc1ccccc1)C(=O)OC. The Morgan fingerprint density at radius 3 is 2.40 bits per heavy atom. The summed E-state index contributed by atoms with van der Waals surface area (Å²) in [4.78, 5) is 23.3. The molecule has 0 aromatic heterocycles. The molecule has 0 unspecified atom stereocenters. The first-order chi connectivity index (χ1) is 12.0. The third-order valence-corrected chi connectivity index (χ3v) is 3.05. The van der Waals surface area contributed by atoms with E-state index >= 15 is 0 Å². The normalized spacial score (nSPS) is 10.8. The molecule has 0 heterocycles. The fraction of sp³-hybridized carbons (Fsp3) is 0.111. The Bertz CT molecular complexity index is 789. The first kappa shape index (κ1) is 18.0. The third kappa shape index (κ3) is 5.07. The summed E-state index contributed by atoms with van der Waals surface area (Å²) in [5.74, 6) is -1.36. The largest absolute Gasteiger partial charge is 0.466 e. The van der Waals surface area contributed by atoms with E-state index in [4.69, 9.17) is 4.74 Å². The van der Waals surface area contributed by atoms with Crippen LogP contribution in [-0.2, 0) is 19.1 Å². The molecule has 2 aromatic rings. The molecular formula is C18H16FNO5. The maximum atomic E-state index is 13.6. The lowest BCUT2D eigenvalue weighted by atomic mass is 10.2. The van der Waals surface area contributed by atoms with Crippen LogP contribution < -0.4 is 10.1 Å². The van der Waals surface area contributed by atoms with E-state index in [1.165, 1.54) is 19.2 Å². The van der Waals surface area contributed by atoms with Crippen LogP contribution in [0.25, 0.3) is 0 Å². The second-order valence-corrected chi connectivity index (χ2v) is 4.75. The molecule has 0 bridgehead atoms. The van der Waals surface area contributed by atoms with Crippen molar-refractivity contribution in [2.75, 3.05) is 19.5 Å². The van der Waals surface area contributed by atoms with Gasteiger partial charge in [-0.3, -0.25) is 0 Å². The lowest BCUT2D eigenvalue weighted by Crippen LogP contribution is -2.16. The summed E-state index contributed by atoms with van der Waals surface area (Å²) in [6, 6.07) is 12.6. The van der Waals surface area contributed by atoms with Crippen molar-refractivity contribution in [1.82, 2.24) is 0 Å². The molecule has 0 saturated carbocycles. The Morgan fingerprint density at radius 1 is 1.04 bits per heavy atom. The number of halogens is 1. The molecular weight excluding hydrogens is 329 g/mol. The van der Waals surface area contributed by atoms with E-state index in [0.717, 1.165) is 19.3 Å². The van der Waals surface area contributed by atoms with E-state index < -0.39 is 17.8 Å². The van der Waals surface area contributed by atoms with E-state index in [9.17, 15) is 14.0 Å². The Hall–Kier alpha value is -3.35. The van der Waals surface area contributed by atoms with Gasteiger partial charge >= 0.3 is 11.9 Å². The van der Waals surface area contributed by atoms with Crippen LogP contribution in [0.4, 0.5) is 10.1 Å². The first-order valence-electron chi connectivity index (χ1n) is 7.21.